The van der Waals surface area contributed by atoms with Crippen LogP contribution in [0.15, 0.2) is 138 Å². The molecule has 9 rings (SSSR count). The van der Waals surface area contributed by atoms with E-state index in [1.54, 1.807) is 0 Å². The van der Waals surface area contributed by atoms with E-state index in [1.807, 2.05) is 54.9 Å². The number of imidazole rings is 1. The Morgan fingerprint density at radius 3 is 2.12 bits per heavy atom. The summed E-state index contributed by atoms with van der Waals surface area (Å²) in [7, 11) is 0. The average Bonchev–Trinajstić information content (AvgIpc) is 3.81. The maximum atomic E-state index is 6.46. The predicted molar refractivity (Wildman–Crippen MR) is 244 cm³/mol. The van der Waals surface area contributed by atoms with Crippen molar-refractivity contribution in [3.8, 4) is 33.8 Å². The number of hydrogen-bond donors (Lipinski definition) is 0. The molecule has 5 aromatic carbocycles. The van der Waals surface area contributed by atoms with Crippen molar-refractivity contribution < 1.29 is 24.5 Å². The minimum atomic E-state index is -1.72. The third-order valence-corrected chi connectivity index (χ3v) is 15.2. The number of aryl methyl sites for hydroxylation is 1. The fraction of sp³-hybridized carbons (Fsp3) is 0.212. The largest absolute Gasteiger partial charge is 0 e. The zero-order valence-electron chi connectivity index (χ0n) is 35.1. The molecule has 0 saturated carbocycles. The third-order valence-electron chi connectivity index (χ3n) is 11.0. The van der Waals surface area contributed by atoms with Gasteiger partial charge in [0.25, 0.3) is 0 Å². The van der Waals surface area contributed by atoms with Gasteiger partial charge in [0, 0.05) is 32.8 Å². The normalized spacial score (nSPS) is 11.6. The summed E-state index contributed by atoms with van der Waals surface area (Å²) in [4.78, 5) is 14.4. The minimum Gasteiger partial charge on any atom is 0 e. The van der Waals surface area contributed by atoms with Gasteiger partial charge in [-0.2, -0.15) is 0 Å². The van der Waals surface area contributed by atoms with Crippen LogP contribution in [0.1, 0.15) is 61.8 Å². The Kier molecular flexibility index (Phi) is 12.5. The summed E-state index contributed by atoms with van der Waals surface area (Å²) >= 11 is -1.72. The first kappa shape index (κ1) is 42.0. The van der Waals surface area contributed by atoms with Gasteiger partial charge in [-0.25, -0.2) is 0 Å². The van der Waals surface area contributed by atoms with E-state index in [0.717, 1.165) is 61.3 Å². The SMILES string of the molecule is Cc1c[c-]c(-c2nc3ccccc3n2Cc2c(C(C)C)cc(-c3ccccc3)cc2C(C)C)c2oc3cccnc3c12.[CH3][Ge]([CH3])([CH3])[c]1ccc(-c2[c-]cccc2)nc1.[Ir]. The number of hydrogen-bond acceptors (Lipinski definition) is 4. The molecule has 4 heterocycles. The maximum absolute atomic E-state index is 6.46. The van der Waals surface area contributed by atoms with Crippen LogP contribution < -0.4 is 4.40 Å². The van der Waals surface area contributed by atoms with Gasteiger partial charge < -0.3 is 8.98 Å². The molecule has 299 valence electrons. The number of fused-ring (bicyclic) bond motifs is 4. The quantitative estimate of drug-likeness (QED) is 0.112. The molecule has 0 saturated heterocycles. The van der Waals surface area contributed by atoms with Crippen LogP contribution in [0.3, 0.4) is 0 Å². The van der Waals surface area contributed by atoms with Crippen LogP contribution in [0, 0.1) is 19.1 Å². The van der Waals surface area contributed by atoms with Crippen LogP contribution in [0.2, 0.25) is 17.3 Å². The predicted octanol–water partition coefficient (Wildman–Crippen LogP) is 13.2. The summed E-state index contributed by atoms with van der Waals surface area (Å²) in [5.74, 6) is 8.72. The number of para-hydroxylation sites is 2. The Bertz CT molecular complexity index is 2830. The molecule has 0 aliphatic heterocycles. The Labute approximate surface area is 364 Å². The zero-order valence-corrected chi connectivity index (χ0v) is 39.6. The smallest absolute Gasteiger partial charge is 0 e. The fourth-order valence-electron chi connectivity index (χ4n) is 7.82. The van der Waals surface area contributed by atoms with Crippen LogP contribution in [-0.2, 0) is 26.7 Å². The molecule has 59 heavy (non-hydrogen) atoms. The summed E-state index contributed by atoms with van der Waals surface area (Å²) in [5.41, 5.74) is 15.1. The maximum Gasteiger partial charge on any atom is 0 e. The number of furan rings is 1. The summed E-state index contributed by atoms with van der Waals surface area (Å²) in [5, 5.41) is 1.02. The molecular formula is C52H50GeIrN4O-2. The van der Waals surface area contributed by atoms with Gasteiger partial charge in [-0.05, 0) is 69.3 Å². The van der Waals surface area contributed by atoms with Crippen molar-refractivity contribution >= 4 is 50.8 Å². The summed E-state index contributed by atoms with van der Waals surface area (Å²) < 4.78 is 10.3. The number of nitrogens with zero attached hydrogens (tertiary/aromatic N) is 4. The van der Waals surface area contributed by atoms with E-state index in [0.29, 0.717) is 18.4 Å². The Balaban J connectivity index is 0.000000262. The van der Waals surface area contributed by atoms with Crippen molar-refractivity contribution in [3.63, 3.8) is 0 Å². The molecule has 4 aromatic heterocycles. The van der Waals surface area contributed by atoms with Crippen molar-refractivity contribution in [2.45, 2.75) is 70.3 Å². The van der Waals surface area contributed by atoms with Crippen LogP contribution in [-0.4, -0.2) is 32.8 Å². The number of pyridine rings is 2. The Hall–Kier alpha value is -5.14. The molecule has 0 amide bonds. The van der Waals surface area contributed by atoms with Crippen LogP contribution >= 0.6 is 0 Å². The Morgan fingerprint density at radius 1 is 0.746 bits per heavy atom. The zero-order chi connectivity index (χ0) is 40.6. The second-order valence-electron chi connectivity index (χ2n) is 16.8. The molecule has 0 aliphatic carbocycles. The monoisotopic (exact) mass is 1010 g/mol. The first-order valence-electron chi connectivity index (χ1n) is 20.3. The molecule has 0 bridgehead atoms. The van der Waals surface area contributed by atoms with Gasteiger partial charge >= 0.3 is 99.8 Å². The number of rotatable bonds is 8. The van der Waals surface area contributed by atoms with Gasteiger partial charge in [-0.1, -0.05) is 94.8 Å². The standard InChI is InChI=1S/C38H34N3O.C14H16GeN.Ir/c1-23(2)29-20-27(26-12-7-6-8-13-26)21-30(24(3)4)31(29)22-41-33-15-10-9-14-32(33)40-38(41)28-18-17-25(5)35-36-34(42-37(28)35)16-11-19-39-36;1-15(2,3)13-9-10-14(16-11-13)12-7-5-4-6-8-12;/h6-17,19-21,23-24H,22H2,1-5H3;4-7,9-11H,1-3H3;/q2*-1;. The second kappa shape index (κ2) is 17.6. The van der Waals surface area contributed by atoms with E-state index in [1.165, 1.54) is 32.2 Å². The molecule has 0 N–H and O–H groups in total. The molecule has 5 nitrogen and oxygen atoms in total. The average molecular weight is 1010 g/mol. The van der Waals surface area contributed by atoms with Crippen LogP contribution in [0.25, 0.3) is 66.9 Å². The van der Waals surface area contributed by atoms with Gasteiger partial charge in [0.1, 0.15) is 5.58 Å². The fourth-order valence-corrected chi connectivity index (χ4v) is 9.99. The molecule has 0 fully saturated rings. The summed E-state index contributed by atoms with van der Waals surface area (Å²) in [6.07, 6.45) is 3.86. The molecule has 0 unspecified atom stereocenters. The van der Waals surface area contributed by atoms with E-state index < -0.39 is 13.3 Å². The van der Waals surface area contributed by atoms with E-state index in [4.69, 9.17) is 9.40 Å². The minimum absolute atomic E-state index is 0. The number of aromatic nitrogens is 4. The van der Waals surface area contributed by atoms with Crippen molar-refractivity contribution in [2.24, 2.45) is 0 Å². The van der Waals surface area contributed by atoms with Crippen molar-refractivity contribution in [1.82, 2.24) is 19.5 Å². The summed E-state index contributed by atoms with van der Waals surface area (Å²) in [6.45, 7) is 12.0. The van der Waals surface area contributed by atoms with Gasteiger partial charge in [-0.3, -0.25) is 9.97 Å². The molecule has 9 aromatic rings. The summed E-state index contributed by atoms with van der Waals surface area (Å²) in [6, 6.07) is 48.9. The molecule has 0 spiro atoms. The van der Waals surface area contributed by atoms with E-state index in [9.17, 15) is 0 Å². The molecule has 0 aliphatic rings. The topological polar surface area (TPSA) is 56.7 Å². The van der Waals surface area contributed by atoms with Crippen molar-refractivity contribution in [2.75, 3.05) is 0 Å². The van der Waals surface area contributed by atoms with Crippen LogP contribution in [0.4, 0.5) is 0 Å². The third kappa shape index (κ3) is 8.63. The molecular weight excluding hydrogens is 961 g/mol. The molecule has 1 radical (unpaired) electrons. The van der Waals surface area contributed by atoms with Gasteiger partial charge in [0.05, 0.1) is 28.0 Å². The molecule has 7 heteroatoms. The Morgan fingerprint density at radius 2 is 1.46 bits per heavy atom. The van der Waals surface area contributed by atoms with Crippen LogP contribution in [0.5, 0.6) is 0 Å². The first-order chi connectivity index (χ1) is 28.0. The van der Waals surface area contributed by atoms with E-state index in [2.05, 4.69) is 157 Å². The first-order valence-corrected chi connectivity index (χ1v) is 27.6. The van der Waals surface area contributed by atoms with Crippen molar-refractivity contribution in [1.29, 1.82) is 0 Å². The van der Waals surface area contributed by atoms with Gasteiger partial charge in [0.15, 0.2) is 0 Å². The van der Waals surface area contributed by atoms with Gasteiger partial charge in [0.2, 0.25) is 0 Å². The van der Waals surface area contributed by atoms with E-state index >= 15 is 0 Å². The molecule has 0 atom stereocenters. The van der Waals surface area contributed by atoms with Crippen molar-refractivity contribution in [3.05, 3.63) is 168 Å². The second-order valence-corrected chi connectivity index (χ2v) is 27.4. The van der Waals surface area contributed by atoms with E-state index in [-0.39, 0.29) is 20.1 Å². The number of benzene rings is 5. The van der Waals surface area contributed by atoms with Gasteiger partial charge in [-0.15, -0.1) is 17.7 Å².